The topological polar surface area (TPSA) is 70.3 Å². The van der Waals surface area contributed by atoms with Crippen LogP contribution < -0.4 is 16.4 Å². The Bertz CT molecular complexity index is 291. The lowest BCUT2D eigenvalue weighted by Gasteiger charge is -2.27. The zero-order valence-corrected chi connectivity index (χ0v) is 11.0. The lowest BCUT2D eigenvalue weighted by atomic mass is 10.1. The van der Waals surface area contributed by atoms with Gasteiger partial charge in [-0.1, -0.05) is 13.0 Å². The summed E-state index contributed by atoms with van der Waals surface area (Å²) in [5.74, 6) is 0.649. The van der Waals surface area contributed by atoms with E-state index in [1.165, 1.54) is 0 Å². The molecule has 2 atom stereocenters. The molecule has 0 aromatic carbocycles. The number of aliphatic hydroxyl groups excluding tert-OH is 1. The molecule has 0 bridgehead atoms. The van der Waals surface area contributed by atoms with Crippen molar-refractivity contribution >= 4 is 11.6 Å². The number of halogens is 1. The smallest absolute Gasteiger partial charge is 0.120 e. The van der Waals surface area contributed by atoms with E-state index in [9.17, 15) is 0 Å². The molecule has 1 rings (SSSR count). The molecule has 0 aromatic heterocycles. The maximum Gasteiger partial charge on any atom is 0.120 e. The van der Waals surface area contributed by atoms with Crippen molar-refractivity contribution in [1.29, 1.82) is 0 Å². The monoisotopic (exact) mass is 259 g/mol. The predicted octanol–water partition coefficient (Wildman–Crippen LogP) is 1.02. The van der Waals surface area contributed by atoms with E-state index in [1.807, 2.05) is 19.1 Å². The van der Waals surface area contributed by atoms with Crippen molar-refractivity contribution in [2.75, 3.05) is 13.2 Å². The van der Waals surface area contributed by atoms with E-state index in [2.05, 4.69) is 10.6 Å². The normalized spacial score (nSPS) is 22.4. The van der Waals surface area contributed by atoms with Crippen LogP contribution in [0.15, 0.2) is 23.7 Å². The number of rotatable bonds is 6. The molecule has 0 radical (unpaired) electrons. The van der Waals surface area contributed by atoms with Crippen LogP contribution in [0.3, 0.4) is 0 Å². The van der Waals surface area contributed by atoms with Crippen molar-refractivity contribution in [2.24, 2.45) is 5.73 Å². The number of nitrogens with one attached hydrogen (secondary N) is 2. The van der Waals surface area contributed by atoms with Gasteiger partial charge in [0.05, 0.1) is 11.1 Å². The molecule has 1 aliphatic heterocycles. The number of hydrogen-bond donors (Lipinski definition) is 4. The number of aliphatic hydroxyl groups is 1. The first-order chi connectivity index (χ1) is 8.17. The van der Waals surface area contributed by atoms with E-state index >= 15 is 0 Å². The van der Waals surface area contributed by atoms with Gasteiger partial charge in [-0.2, -0.15) is 0 Å². The number of hydrogen-bond acceptors (Lipinski definition) is 4. The van der Waals surface area contributed by atoms with Gasteiger partial charge in [0.2, 0.25) is 0 Å². The molecule has 4 nitrogen and oxygen atoms in total. The largest absolute Gasteiger partial charge is 0.396 e. The van der Waals surface area contributed by atoms with Crippen molar-refractivity contribution in [3.05, 3.63) is 23.7 Å². The van der Waals surface area contributed by atoms with Gasteiger partial charge >= 0.3 is 0 Å². The van der Waals surface area contributed by atoms with Crippen molar-refractivity contribution in [3.63, 3.8) is 0 Å². The molecule has 0 saturated carbocycles. The molecule has 0 fully saturated rings. The molecule has 5 heteroatoms. The lowest BCUT2D eigenvalue weighted by Crippen LogP contribution is -2.46. The van der Waals surface area contributed by atoms with Gasteiger partial charge < -0.3 is 21.5 Å². The van der Waals surface area contributed by atoms with Gasteiger partial charge in [0.1, 0.15) is 5.82 Å². The third-order valence-electron chi connectivity index (χ3n) is 2.76. The maximum atomic E-state index is 8.77. The highest BCUT2D eigenvalue weighted by atomic mass is 35.5. The van der Waals surface area contributed by atoms with E-state index in [0.29, 0.717) is 5.82 Å². The Morgan fingerprint density at radius 1 is 1.65 bits per heavy atom. The third kappa shape index (κ3) is 4.88. The highest BCUT2D eigenvalue weighted by Gasteiger charge is 2.15. The fourth-order valence-electron chi connectivity index (χ4n) is 1.67. The molecule has 0 saturated heterocycles. The van der Waals surface area contributed by atoms with E-state index in [4.69, 9.17) is 22.4 Å². The summed E-state index contributed by atoms with van der Waals surface area (Å²) in [6.07, 6.45) is 6.46. The minimum absolute atomic E-state index is 0.0456. The summed E-state index contributed by atoms with van der Waals surface area (Å²) in [6, 6.07) is 0.289. The third-order valence-corrected chi connectivity index (χ3v) is 3.22. The Balaban J connectivity index is 2.49. The molecule has 1 heterocycles. The predicted molar refractivity (Wildman–Crippen MR) is 71.5 cm³/mol. The summed E-state index contributed by atoms with van der Waals surface area (Å²) in [4.78, 5) is 0. The summed E-state index contributed by atoms with van der Waals surface area (Å²) in [5.41, 5.74) is 6.81. The maximum absolute atomic E-state index is 8.77. The van der Waals surface area contributed by atoms with Gasteiger partial charge in [-0.25, -0.2) is 0 Å². The quantitative estimate of drug-likeness (QED) is 0.538. The van der Waals surface area contributed by atoms with Crippen LogP contribution in [0.25, 0.3) is 0 Å². The Kier molecular flexibility index (Phi) is 6.22. The molecule has 0 spiro atoms. The van der Waals surface area contributed by atoms with Crippen molar-refractivity contribution in [2.45, 2.75) is 37.6 Å². The summed E-state index contributed by atoms with van der Waals surface area (Å²) in [6.45, 7) is 3.08. The molecule has 0 aliphatic carbocycles. The second kappa shape index (κ2) is 7.45. The molecule has 17 heavy (non-hydrogen) atoms. The molecule has 98 valence electrons. The van der Waals surface area contributed by atoms with Crippen LogP contribution >= 0.6 is 11.6 Å². The van der Waals surface area contributed by atoms with Crippen LogP contribution in [-0.4, -0.2) is 29.7 Å². The minimum Gasteiger partial charge on any atom is -0.396 e. The average Bonchev–Trinajstić information content (AvgIpc) is 2.34. The van der Waals surface area contributed by atoms with E-state index < -0.39 is 0 Å². The molecular formula is C12H22ClN3O. The Hall–Kier alpha value is -0.870. The zero-order valence-electron chi connectivity index (χ0n) is 10.2. The first-order valence-corrected chi connectivity index (χ1v) is 6.54. The molecular weight excluding hydrogens is 238 g/mol. The molecule has 5 N–H and O–H groups in total. The van der Waals surface area contributed by atoms with Crippen molar-refractivity contribution < 1.29 is 5.11 Å². The molecule has 0 aromatic rings. The molecule has 1 aliphatic rings. The zero-order chi connectivity index (χ0) is 12.7. The van der Waals surface area contributed by atoms with Gasteiger partial charge in [0, 0.05) is 19.2 Å². The van der Waals surface area contributed by atoms with Crippen LogP contribution in [-0.2, 0) is 0 Å². The Labute approximate surface area is 108 Å². The second-order valence-electron chi connectivity index (χ2n) is 4.20. The highest BCUT2D eigenvalue weighted by molar-refractivity contribution is 6.21. The molecule has 0 amide bonds. The van der Waals surface area contributed by atoms with Crippen LogP contribution in [0.5, 0.6) is 0 Å². The highest BCUT2D eigenvalue weighted by Crippen LogP contribution is 2.09. The van der Waals surface area contributed by atoms with Gasteiger partial charge in [0.25, 0.3) is 0 Å². The van der Waals surface area contributed by atoms with Crippen LogP contribution in [0.1, 0.15) is 26.2 Å². The van der Waals surface area contributed by atoms with E-state index in [-0.39, 0.29) is 18.0 Å². The Morgan fingerprint density at radius 3 is 3.00 bits per heavy atom. The number of nitrogens with two attached hydrogens (primary N) is 1. The van der Waals surface area contributed by atoms with Crippen molar-refractivity contribution in [1.82, 2.24) is 10.6 Å². The first-order valence-electron chi connectivity index (χ1n) is 6.10. The van der Waals surface area contributed by atoms with Gasteiger partial charge in [-0.3, -0.25) is 0 Å². The van der Waals surface area contributed by atoms with Gasteiger partial charge in [-0.15, -0.1) is 11.6 Å². The summed E-state index contributed by atoms with van der Waals surface area (Å²) in [5, 5.41) is 15.3. The SMILES string of the molecule is CCC(Cl)/C=C\C1=C(N)NC(CCCO)CN1. The average molecular weight is 260 g/mol. The van der Waals surface area contributed by atoms with Crippen LogP contribution in [0, 0.1) is 0 Å². The first kappa shape index (κ1) is 14.2. The number of alkyl halides is 1. The standard InChI is InChI=1S/C12H22ClN3O/c1-2-9(13)5-6-11-12(14)16-10(8-15-11)4-3-7-17/h5-6,9-10,15-17H,2-4,7-8,14H2,1H3/b6-5-. The van der Waals surface area contributed by atoms with E-state index in [1.54, 1.807) is 0 Å². The van der Waals surface area contributed by atoms with Crippen LogP contribution in [0.4, 0.5) is 0 Å². The van der Waals surface area contributed by atoms with Gasteiger partial charge in [-0.05, 0) is 25.3 Å². The summed E-state index contributed by atoms with van der Waals surface area (Å²) >= 11 is 6.00. The van der Waals surface area contributed by atoms with Crippen LogP contribution in [0.2, 0.25) is 0 Å². The Morgan fingerprint density at radius 2 is 2.41 bits per heavy atom. The van der Waals surface area contributed by atoms with Crippen molar-refractivity contribution in [3.8, 4) is 0 Å². The fraction of sp³-hybridized carbons (Fsp3) is 0.667. The fourth-order valence-corrected chi connectivity index (χ4v) is 1.75. The molecule has 2 unspecified atom stereocenters. The van der Waals surface area contributed by atoms with E-state index in [0.717, 1.165) is 31.5 Å². The number of allylic oxidation sites excluding steroid dienone is 2. The summed E-state index contributed by atoms with van der Waals surface area (Å²) < 4.78 is 0. The second-order valence-corrected chi connectivity index (χ2v) is 4.76. The minimum atomic E-state index is 0.0456. The lowest BCUT2D eigenvalue weighted by molar-refractivity contribution is 0.274. The van der Waals surface area contributed by atoms with Gasteiger partial charge in [0.15, 0.2) is 0 Å². The summed E-state index contributed by atoms with van der Waals surface area (Å²) in [7, 11) is 0.